The van der Waals surface area contributed by atoms with Crippen molar-refractivity contribution < 1.29 is 9.90 Å². The summed E-state index contributed by atoms with van der Waals surface area (Å²) in [6.07, 6.45) is 0.580. The quantitative estimate of drug-likeness (QED) is 0.744. The van der Waals surface area contributed by atoms with Crippen LogP contribution < -0.4 is 5.32 Å². The molecule has 23 heavy (non-hydrogen) atoms. The fourth-order valence-electron chi connectivity index (χ4n) is 2.51. The number of carbonyl (C=O) groups excluding carboxylic acids is 1. The van der Waals surface area contributed by atoms with Crippen LogP contribution in [0.25, 0.3) is 11.0 Å². The Morgan fingerprint density at radius 1 is 1.26 bits per heavy atom. The van der Waals surface area contributed by atoms with Gasteiger partial charge in [0.05, 0.1) is 18.2 Å². The van der Waals surface area contributed by atoms with Crippen LogP contribution in [0.3, 0.4) is 0 Å². The molecule has 0 saturated heterocycles. The second-order valence-electron chi connectivity index (χ2n) is 5.46. The number of rotatable bonds is 5. The second kappa shape index (κ2) is 6.58. The number of amides is 1. The lowest BCUT2D eigenvalue weighted by Gasteiger charge is -2.16. The Kier molecular flexibility index (Phi) is 4.34. The maximum Gasteiger partial charge on any atom is 0.251 e. The number of hydrogen-bond acceptors (Lipinski definition) is 4. The van der Waals surface area contributed by atoms with Crippen LogP contribution in [0.5, 0.6) is 0 Å². The van der Waals surface area contributed by atoms with Crippen molar-refractivity contribution in [1.82, 2.24) is 20.3 Å². The summed E-state index contributed by atoms with van der Waals surface area (Å²) in [4.78, 5) is 12.4. The highest BCUT2D eigenvalue weighted by atomic mass is 16.3. The number of carbonyl (C=O) groups is 1. The minimum Gasteiger partial charge on any atom is -0.394 e. The van der Waals surface area contributed by atoms with E-state index in [2.05, 4.69) is 15.6 Å². The van der Waals surface area contributed by atoms with E-state index in [0.29, 0.717) is 17.5 Å². The fourth-order valence-corrected chi connectivity index (χ4v) is 2.51. The minimum atomic E-state index is -0.331. The summed E-state index contributed by atoms with van der Waals surface area (Å²) in [5, 5.41) is 20.3. The van der Waals surface area contributed by atoms with Gasteiger partial charge in [0, 0.05) is 12.6 Å². The largest absolute Gasteiger partial charge is 0.394 e. The smallest absolute Gasteiger partial charge is 0.251 e. The molecular weight excluding hydrogens is 292 g/mol. The number of benzene rings is 2. The van der Waals surface area contributed by atoms with Crippen LogP contribution >= 0.6 is 0 Å². The monoisotopic (exact) mass is 310 g/mol. The molecule has 6 heteroatoms. The van der Waals surface area contributed by atoms with Gasteiger partial charge in [-0.05, 0) is 30.2 Å². The lowest BCUT2D eigenvalue weighted by molar-refractivity contribution is 0.0916. The molecule has 0 aliphatic carbocycles. The van der Waals surface area contributed by atoms with Gasteiger partial charge in [0.25, 0.3) is 5.91 Å². The van der Waals surface area contributed by atoms with Crippen LogP contribution in [0.1, 0.15) is 15.9 Å². The van der Waals surface area contributed by atoms with E-state index in [9.17, 15) is 9.90 Å². The van der Waals surface area contributed by atoms with Gasteiger partial charge >= 0.3 is 0 Å². The van der Waals surface area contributed by atoms with E-state index < -0.39 is 0 Å². The molecule has 0 aliphatic rings. The van der Waals surface area contributed by atoms with Crippen LogP contribution in [-0.4, -0.2) is 38.7 Å². The Morgan fingerprint density at radius 2 is 2.04 bits per heavy atom. The van der Waals surface area contributed by atoms with Gasteiger partial charge in [-0.1, -0.05) is 35.5 Å². The van der Waals surface area contributed by atoms with Gasteiger partial charge in [-0.15, -0.1) is 5.10 Å². The number of fused-ring (bicyclic) bond motifs is 1. The molecule has 1 heterocycles. The summed E-state index contributed by atoms with van der Waals surface area (Å²) in [5.41, 5.74) is 3.11. The number of hydrogen-bond donors (Lipinski definition) is 2. The normalized spacial score (nSPS) is 12.3. The summed E-state index contributed by atoms with van der Waals surface area (Å²) >= 11 is 0. The third kappa shape index (κ3) is 3.37. The standard InChI is InChI=1S/C17H18N4O2/c1-21-16-8-7-13(10-15(16)19-20-21)17(23)18-14(11-22)9-12-5-3-2-4-6-12/h2-8,10,14,22H,9,11H2,1H3,(H,18,23). The molecule has 0 spiro atoms. The Balaban J connectivity index is 1.73. The SMILES string of the molecule is Cn1nnc2cc(C(=O)NC(CO)Cc3ccccc3)ccc21. The first-order valence-corrected chi connectivity index (χ1v) is 7.42. The molecule has 2 N–H and O–H groups in total. The van der Waals surface area contributed by atoms with E-state index in [1.807, 2.05) is 36.4 Å². The molecule has 0 bridgehead atoms. The highest BCUT2D eigenvalue weighted by Crippen LogP contribution is 2.13. The van der Waals surface area contributed by atoms with Crippen molar-refractivity contribution in [3.63, 3.8) is 0 Å². The van der Waals surface area contributed by atoms with Gasteiger partial charge in [-0.2, -0.15) is 0 Å². The molecule has 6 nitrogen and oxygen atoms in total. The summed E-state index contributed by atoms with van der Waals surface area (Å²) in [6, 6.07) is 14.7. The van der Waals surface area contributed by atoms with Gasteiger partial charge < -0.3 is 10.4 Å². The molecule has 0 radical (unpaired) electrons. The van der Waals surface area contributed by atoms with E-state index >= 15 is 0 Å². The predicted molar refractivity (Wildman–Crippen MR) is 87.0 cm³/mol. The van der Waals surface area contributed by atoms with Gasteiger partial charge in [-0.25, -0.2) is 4.68 Å². The lowest BCUT2D eigenvalue weighted by Crippen LogP contribution is -2.39. The molecule has 1 atom stereocenters. The Bertz CT molecular complexity index is 814. The first kappa shape index (κ1) is 15.2. The Hall–Kier alpha value is -2.73. The molecule has 0 aliphatic heterocycles. The van der Waals surface area contributed by atoms with Crippen molar-refractivity contribution in [2.45, 2.75) is 12.5 Å². The van der Waals surface area contributed by atoms with E-state index in [-0.39, 0.29) is 18.6 Å². The summed E-state index contributed by atoms with van der Waals surface area (Å²) in [5.74, 6) is -0.229. The molecule has 3 rings (SSSR count). The minimum absolute atomic E-state index is 0.117. The topological polar surface area (TPSA) is 80.0 Å². The van der Waals surface area contributed by atoms with Crippen LogP contribution in [0, 0.1) is 0 Å². The van der Waals surface area contributed by atoms with Crippen LogP contribution in [0.4, 0.5) is 0 Å². The molecular formula is C17H18N4O2. The molecule has 1 unspecified atom stereocenters. The van der Waals surface area contributed by atoms with E-state index in [1.165, 1.54) is 0 Å². The highest BCUT2D eigenvalue weighted by Gasteiger charge is 2.15. The zero-order valence-corrected chi connectivity index (χ0v) is 12.8. The van der Waals surface area contributed by atoms with Gasteiger partial charge in [0.15, 0.2) is 0 Å². The van der Waals surface area contributed by atoms with E-state index in [4.69, 9.17) is 0 Å². The number of aryl methyl sites for hydroxylation is 1. The van der Waals surface area contributed by atoms with Crippen LogP contribution in [0.15, 0.2) is 48.5 Å². The van der Waals surface area contributed by atoms with Crippen molar-refractivity contribution in [2.24, 2.45) is 7.05 Å². The third-order valence-corrected chi connectivity index (χ3v) is 3.75. The molecule has 3 aromatic rings. The summed E-state index contributed by atoms with van der Waals surface area (Å²) in [6.45, 7) is -0.117. The van der Waals surface area contributed by atoms with Crippen molar-refractivity contribution in [1.29, 1.82) is 0 Å². The number of nitrogens with one attached hydrogen (secondary N) is 1. The third-order valence-electron chi connectivity index (χ3n) is 3.75. The highest BCUT2D eigenvalue weighted by molar-refractivity contribution is 5.97. The van der Waals surface area contributed by atoms with Gasteiger partial charge in [0.2, 0.25) is 0 Å². The number of aliphatic hydroxyl groups excluding tert-OH is 1. The molecule has 118 valence electrons. The average molecular weight is 310 g/mol. The Morgan fingerprint density at radius 3 is 2.78 bits per heavy atom. The molecule has 1 aromatic heterocycles. The zero-order chi connectivity index (χ0) is 16.2. The van der Waals surface area contributed by atoms with Crippen molar-refractivity contribution in [3.05, 3.63) is 59.7 Å². The average Bonchev–Trinajstić information content (AvgIpc) is 2.95. The molecule has 2 aromatic carbocycles. The van der Waals surface area contributed by atoms with Crippen molar-refractivity contribution >= 4 is 16.9 Å². The van der Waals surface area contributed by atoms with Crippen LogP contribution in [-0.2, 0) is 13.5 Å². The number of nitrogens with zero attached hydrogens (tertiary/aromatic N) is 3. The summed E-state index contributed by atoms with van der Waals surface area (Å²) in [7, 11) is 1.80. The van der Waals surface area contributed by atoms with Crippen molar-refractivity contribution in [3.8, 4) is 0 Å². The molecule has 0 saturated carbocycles. The number of aromatic nitrogens is 3. The van der Waals surface area contributed by atoms with Gasteiger partial charge in [-0.3, -0.25) is 4.79 Å². The van der Waals surface area contributed by atoms with E-state index in [0.717, 1.165) is 11.1 Å². The zero-order valence-electron chi connectivity index (χ0n) is 12.8. The van der Waals surface area contributed by atoms with Gasteiger partial charge in [0.1, 0.15) is 5.52 Å². The fraction of sp³-hybridized carbons (Fsp3) is 0.235. The number of aliphatic hydroxyl groups is 1. The van der Waals surface area contributed by atoms with Crippen LogP contribution in [0.2, 0.25) is 0 Å². The Labute approximate surface area is 133 Å². The summed E-state index contributed by atoms with van der Waals surface area (Å²) < 4.78 is 1.66. The first-order valence-electron chi connectivity index (χ1n) is 7.42. The van der Waals surface area contributed by atoms with Crippen molar-refractivity contribution in [2.75, 3.05) is 6.61 Å². The first-order chi connectivity index (χ1) is 11.2. The molecule has 0 fully saturated rings. The second-order valence-corrected chi connectivity index (χ2v) is 5.46. The maximum atomic E-state index is 12.4. The lowest BCUT2D eigenvalue weighted by atomic mass is 10.1. The van der Waals surface area contributed by atoms with E-state index in [1.54, 1.807) is 23.9 Å². The molecule has 1 amide bonds. The predicted octanol–water partition coefficient (Wildman–Crippen LogP) is 1.30. The maximum absolute atomic E-state index is 12.4.